The molecule has 0 aliphatic rings. The highest BCUT2D eigenvalue weighted by Crippen LogP contribution is 2.29. The molecular weight excluding hydrogens is 679 g/mol. The molecule has 0 radical (unpaired) electrons. The fraction of sp³-hybridized carbons (Fsp3) is 0.400. The number of nitrogens with two attached hydrogens (primary N) is 1. The molecule has 4 rings (SSSR count). The Hall–Kier alpha value is -5.10. The van der Waals surface area contributed by atoms with Crippen LogP contribution in [-0.2, 0) is 26.2 Å². The number of hydrogen-bond acceptors (Lipinski definition) is 8. The van der Waals surface area contributed by atoms with Crippen LogP contribution >= 0.6 is 11.3 Å². The highest BCUT2D eigenvalue weighted by Gasteiger charge is 2.23. The van der Waals surface area contributed by atoms with Crippen molar-refractivity contribution in [1.29, 1.82) is 0 Å². The number of carbonyl (C=O) groups is 4. The fourth-order valence-corrected chi connectivity index (χ4v) is 5.92. The van der Waals surface area contributed by atoms with E-state index in [-0.39, 0.29) is 36.5 Å². The summed E-state index contributed by atoms with van der Waals surface area (Å²) in [5.74, 6) is -0.585. The molecule has 2 aromatic carbocycles. The Bertz CT molecular complexity index is 1730. The van der Waals surface area contributed by atoms with Crippen LogP contribution in [0.15, 0.2) is 73.1 Å². The van der Waals surface area contributed by atoms with E-state index in [4.69, 9.17) is 15.6 Å². The normalized spacial score (nSPS) is 11.5. The first-order chi connectivity index (χ1) is 24.8. The van der Waals surface area contributed by atoms with Gasteiger partial charge in [-0.05, 0) is 47.2 Å². The van der Waals surface area contributed by atoms with Gasteiger partial charge in [0.05, 0.1) is 17.9 Å². The number of nitrogens with zero attached hydrogens (tertiary/aromatic N) is 2. The maximum Gasteiger partial charge on any atom is 0.303 e. The average Bonchev–Trinajstić information content (AvgIpc) is 3.65. The minimum atomic E-state index is -0.946. The lowest BCUT2D eigenvalue weighted by Crippen LogP contribution is -2.45. The molecule has 2 aromatic heterocycles. The number of nitrogens with one attached hydrogen (secondary N) is 2. The largest absolute Gasteiger partial charge is 0.494 e. The monoisotopic (exact) mass is 729 g/mol. The van der Waals surface area contributed by atoms with Crippen LogP contribution in [-0.4, -0.2) is 58.5 Å². The summed E-state index contributed by atoms with van der Waals surface area (Å²) in [7, 11) is 1.48. The van der Waals surface area contributed by atoms with Crippen LogP contribution in [0.1, 0.15) is 92.8 Å². The van der Waals surface area contributed by atoms with Crippen LogP contribution in [0, 0.1) is 0 Å². The predicted octanol–water partition coefficient (Wildman–Crippen LogP) is 6.94. The summed E-state index contributed by atoms with van der Waals surface area (Å²) in [6.45, 7) is 9.26. The molecule has 0 saturated heterocycles. The summed E-state index contributed by atoms with van der Waals surface area (Å²) in [4.78, 5) is 56.0. The van der Waals surface area contributed by atoms with Crippen molar-refractivity contribution < 1.29 is 29.0 Å². The zero-order valence-electron chi connectivity index (χ0n) is 30.7. The van der Waals surface area contributed by atoms with E-state index in [1.165, 1.54) is 44.1 Å². The number of carbonyl (C=O) groups excluding carboxylic acids is 3. The third-order valence-corrected chi connectivity index (χ3v) is 9.58. The minimum Gasteiger partial charge on any atom is -0.494 e. The van der Waals surface area contributed by atoms with Crippen LogP contribution in [0.2, 0.25) is 0 Å². The molecule has 52 heavy (non-hydrogen) atoms. The van der Waals surface area contributed by atoms with Crippen molar-refractivity contribution in [3.8, 4) is 28.3 Å². The summed E-state index contributed by atoms with van der Waals surface area (Å²) in [5, 5.41) is 13.2. The van der Waals surface area contributed by atoms with Gasteiger partial charge in [0.1, 0.15) is 11.8 Å². The molecule has 0 fully saturated rings. The molecule has 278 valence electrons. The lowest BCUT2D eigenvalue weighted by atomic mass is 9.95. The number of amides is 3. The molecule has 0 aliphatic carbocycles. The first-order valence-electron chi connectivity index (χ1n) is 17.6. The van der Waals surface area contributed by atoms with E-state index >= 15 is 0 Å². The van der Waals surface area contributed by atoms with E-state index in [0.717, 1.165) is 45.9 Å². The summed E-state index contributed by atoms with van der Waals surface area (Å²) in [6, 6.07) is 18.6. The molecule has 1 atom stereocenters. The molecule has 5 N–H and O–H groups in total. The second-order valence-corrected chi connectivity index (χ2v) is 14.5. The SMILES string of the molecule is CCCCCCCOc1ccc(-c2cnc(-c3ccc(CC(NC(=O)c4ccc(C(C)(C)C)s4)C(N)=O)cc3)nc2)cc1.CNC(=O)CCC(=O)O. The van der Waals surface area contributed by atoms with E-state index in [1.807, 2.05) is 67.0 Å². The first-order valence-corrected chi connectivity index (χ1v) is 18.4. The standard InChI is InChI=1S/C35H42N4O3S.C5H9NO3/c1-5-6-7-8-9-20-42-28-16-14-25(15-17-28)27-22-37-33(38-23-27)26-12-10-24(11-13-26)21-29(32(36)40)39-34(41)30-18-19-31(43-30)35(2,3)4;1-6-4(7)2-3-5(8)9/h10-19,22-23,29H,5-9,20-21H2,1-4H3,(H2,36,40)(H,39,41);2-3H2,1H3,(H,6,7)(H,8,9). The van der Waals surface area contributed by atoms with Crippen LogP contribution in [0.4, 0.5) is 0 Å². The van der Waals surface area contributed by atoms with Gasteiger partial charge in [-0.3, -0.25) is 19.2 Å². The third kappa shape index (κ3) is 13.9. The molecule has 2 heterocycles. The number of rotatable bonds is 17. The highest BCUT2D eigenvalue weighted by molar-refractivity contribution is 7.14. The van der Waals surface area contributed by atoms with Gasteiger partial charge in [0.25, 0.3) is 5.91 Å². The molecule has 0 spiro atoms. The number of aliphatic carboxylic acids is 1. The Morgan fingerprint density at radius 3 is 2.04 bits per heavy atom. The van der Waals surface area contributed by atoms with Gasteiger partial charge in [0.15, 0.2) is 5.82 Å². The second-order valence-electron chi connectivity index (χ2n) is 13.4. The van der Waals surface area contributed by atoms with E-state index in [1.54, 1.807) is 6.07 Å². The van der Waals surface area contributed by atoms with E-state index in [9.17, 15) is 19.2 Å². The smallest absolute Gasteiger partial charge is 0.303 e. The lowest BCUT2D eigenvalue weighted by Gasteiger charge is -2.16. The van der Waals surface area contributed by atoms with E-state index in [2.05, 4.69) is 48.3 Å². The number of ether oxygens (including phenoxy) is 1. The van der Waals surface area contributed by atoms with Gasteiger partial charge in [0.2, 0.25) is 11.8 Å². The lowest BCUT2D eigenvalue weighted by molar-refractivity contribution is -0.138. The quantitative estimate of drug-likeness (QED) is 0.0846. The van der Waals surface area contributed by atoms with Gasteiger partial charge in [-0.15, -0.1) is 11.3 Å². The van der Waals surface area contributed by atoms with Crippen LogP contribution in [0.5, 0.6) is 5.75 Å². The Morgan fingerprint density at radius 2 is 1.48 bits per heavy atom. The number of hydrogen-bond donors (Lipinski definition) is 4. The number of thiophene rings is 1. The molecule has 4 aromatic rings. The minimum absolute atomic E-state index is 0.0498. The van der Waals surface area contributed by atoms with Crippen molar-refractivity contribution in [3.05, 3.63) is 88.4 Å². The summed E-state index contributed by atoms with van der Waals surface area (Å²) in [6.07, 6.45) is 9.96. The van der Waals surface area contributed by atoms with Gasteiger partial charge in [-0.1, -0.05) is 89.8 Å². The van der Waals surface area contributed by atoms with Crippen molar-refractivity contribution in [2.75, 3.05) is 13.7 Å². The zero-order valence-corrected chi connectivity index (χ0v) is 31.6. The summed E-state index contributed by atoms with van der Waals surface area (Å²) < 4.78 is 5.87. The number of carboxylic acids is 1. The number of primary amides is 1. The van der Waals surface area contributed by atoms with Crippen molar-refractivity contribution in [1.82, 2.24) is 20.6 Å². The molecule has 11 nitrogen and oxygen atoms in total. The molecule has 0 aliphatic heterocycles. The molecule has 12 heteroatoms. The van der Waals surface area contributed by atoms with Gasteiger partial charge in [-0.2, -0.15) is 0 Å². The Morgan fingerprint density at radius 1 is 0.846 bits per heavy atom. The number of aromatic nitrogens is 2. The van der Waals surface area contributed by atoms with Crippen LogP contribution in [0.3, 0.4) is 0 Å². The van der Waals surface area contributed by atoms with Gasteiger partial charge in [-0.25, -0.2) is 9.97 Å². The fourth-order valence-electron chi connectivity index (χ4n) is 4.95. The molecule has 1 unspecified atom stereocenters. The van der Waals surface area contributed by atoms with Crippen LogP contribution < -0.4 is 21.1 Å². The summed E-state index contributed by atoms with van der Waals surface area (Å²) in [5.41, 5.74) is 9.26. The van der Waals surface area contributed by atoms with Crippen molar-refractivity contribution in [3.63, 3.8) is 0 Å². The number of carboxylic acid groups (broad SMARTS) is 1. The first kappa shape index (κ1) is 41.3. The maximum atomic E-state index is 12.8. The predicted molar refractivity (Wildman–Crippen MR) is 205 cm³/mol. The van der Waals surface area contributed by atoms with Crippen LogP contribution in [0.25, 0.3) is 22.5 Å². The van der Waals surface area contributed by atoms with E-state index < -0.39 is 17.9 Å². The Labute approximate surface area is 310 Å². The van der Waals surface area contributed by atoms with Gasteiger partial charge < -0.3 is 26.2 Å². The highest BCUT2D eigenvalue weighted by atomic mass is 32.1. The maximum absolute atomic E-state index is 12.8. The zero-order chi connectivity index (χ0) is 38.1. The topological polar surface area (TPSA) is 174 Å². The Balaban J connectivity index is 0.000000715. The number of benzene rings is 2. The van der Waals surface area contributed by atoms with Crippen molar-refractivity contribution >= 4 is 35.0 Å². The van der Waals surface area contributed by atoms with Crippen molar-refractivity contribution in [2.45, 2.75) is 90.5 Å². The van der Waals surface area contributed by atoms with E-state index in [0.29, 0.717) is 10.7 Å². The Kier molecular flexibility index (Phi) is 16.4. The third-order valence-electron chi connectivity index (χ3n) is 8.07. The molecular formula is C40H51N5O6S. The second kappa shape index (κ2) is 20.7. The van der Waals surface area contributed by atoms with Crippen molar-refractivity contribution in [2.24, 2.45) is 5.73 Å². The summed E-state index contributed by atoms with van der Waals surface area (Å²) >= 11 is 1.43. The van der Waals surface area contributed by atoms with Gasteiger partial charge >= 0.3 is 5.97 Å². The average molecular weight is 730 g/mol. The number of unbranched alkanes of at least 4 members (excludes halogenated alkanes) is 4. The molecule has 0 bridgehead atoms. The molecule has 0 saturated carbocycles. The van der Waals surface area contributed by atoms with Gasteiger partial charge in [0, 0.05) is 48.3 Å². The molecule has 3 amide bonds.